The van der Waals surface area contributed by atoms with Crippen LogP contribution in [0.25, 0.3) is 22.7 Å². The highest BCUT2D eigenvalue weighted by Crippen LogP contribution is 2.25. The lowest BCUT2D eigenvalue weighted by atomic mass is 10.0. The van der Waals surface area contributed by atoms with Crippen LogP contribution in [0.15, 0.2) is 65.1 Å². The minimum Gasteiger partial charge on any atom is -0.402 e. The number of benzene rings is 1. The number of hydrogen-bond donors (Lipinski definition) is 2. The Balaban J connectivity index is 1.57. The molecule has 2 aliphatic heterocycles. The molecule has 0 saturated carbocycles. The van der Waals surface area contributed by atoms with E-state index in [0.717, 1.165) is 29.7 Å². The zero-order valence-corrected chi connectivity index (χ0v) is 16.2. The monoisotopic (exact) mass is 400 g/mol. The van der Waals surface area contributed by atoms with Gasteiger partial charge in [0.1, 0.15) is 17.5 Å². The Hall–Kier alpha value is -4.01. The van der Waals surface area contributed by atoms with Gasteiger partial charge in [0, 0.05) is 11.4 Å². The lowest BCUT2D eigenvalue weighted by Gasteiger charge is -2.11. The van der Waals surface area contributed by atoms with Crippen molar-refractivity contribution >= 4 is 16.9 Å². The summed E-state index contributed by atoms with van der Waals surface area (Å²) in [5.41, 5.74) is 16.6. The van der Waals surface area contributed by atoms with Gasteiger partial charge in [-0.15, -0.1) is 0 Å². The van der Waals surface area contributed by atoms with Crippen LogP contribution >= 0.6 is 0 Å². The fourth-order valence-electron chi connectivity index (χ4n) is 3.74. The summed E-state index contributed by atoms with van der Waals surface area (Å²) in [4.78, 5) is 30.2. The maximum absolute atomic E-state index is 12.6. The molecule has 0 atom stereocenters. The van der Waals surface area contributed by atoms with E-state index >= 15 is 0 Å². The highest BCUT2D eigenvalue weighted by Gasteiger charge is 2.22. The first kappa shape index (κ1) is 18.0. The van der Waals surface area contributed by atoms with E-state index in [1.54, 1.807) is 6.33 Å². The fraction of sp³-hybridized carbons (Fsp3) is 0.190. The summed E-state index contributed by atoms with van der Waals surface area (Å²) in [7, 11) is 0. The van der Waals surface area contributed by atoms with Gasteiger partial charge in [-0.05, 0) is 36.1 Å². The van der Waals surface area contributed by atoms with Gasteiger partial charge in [-0.25, -0.2) is 19.7 Å². The molecule has 5 rings (SSSR count). The lowest BCUT2D eigenvalue weighted by Crippen LogP contribution is -2.19. The third kappa shape index (κ3) is 3.10. The number of hydrogen-bond acceptors (Lipinski definition) is 7. The molecule has 150 valence electrons. The molecule has 1 aliphatic carbocycles. The summed E-state index contributed by atoms with van der Waals surface area (Å²) >= 11 is 0. The number of nitrogen functional groups attached to an aromatic ring is 1. The molecule has 4 N–H and O–H groups in total. The van der Waals surface area contributed by atoms with E-state index in [1.807, 2.05) is 34.9 Å². The van der Waals surface area contributed by atoms with Crippen LogP contribution in [0, 0.1) is 0 Å². The van der Waals surface area contributed by atoms with Crippen molar-refractivity contribution in [3.05, 3.63) is 76.4 Å². The molecule has 0 saturated heterocycles. The molecule has 0 bridgehead atoms. The van der Waals surface area contributed by atoms with Crippen LogP contribution in [0.4, 0.5) is 5.69 Å². The van der Waals surface area contributed by atoms with E-state index in [2.05, 4.69) is 26.0 Å². The standard InChI is InChI=1S/C21H20N8O/c22-15-6-3-4-13(8-15)9-29-20-18(27-21(29)30)17-19(24-11-25-20)28(12-26-17)10-14-5-1-2-7-16(14)23/h1-2,4-5,7-8,11-12H,3,6,9-10,22-23H2. The highest BCUT2D eigenvalue weighted by atomic mass is 16.1. The lowest BCUT2D eigenvalue weighted by molar-refractivity contribution is 0.743. The van der Waals surface area contributed by atoms with Crippen LogP contribution in [0.2, 0.25) is 0 Å². The Bertz CT molecular complexity index is 1350. The van der Waals surface area contributed by atoms with Gasteiger partial charge in [-0.2, -0.15) is 4.98 Å². The molecule has 0 radical (unpaired) electrons. The minimum absolute atomic E-state index is 0.357. The second-order valence-electron chi connectivity index (χ2n) is 7.31. The summed E-state index contributed by atoms with van der Waals surface area (Å²) in [5.74, 6) is 0.449. The summed E-state index contributed by atoms with van der Waals surface area (Å²) in [5, 5.41) is 0. The molecule has 30 heavy (non-hydrogen) atoms. The molecule has 2 aromatic rings. The summed E-state index contributed by atoms with van der Waals surface area (Å²) in [6, 6.07) is 7.64. The fourth-order valence-corrected chi connectivity index (χ4v) is 3.74. The second kappa shape index (κ2) is 7.11. The summed E-state index contributed by atoms with van der Waals surface area (Å²) in [6.07, 6.45) is 8.80. The number of para-hydroxylation sites is 1. The number of fused-ring (bicyclic) bond motifs is 3. The Morgan fingerprint density at radius 1 is 1.07 bits per heavy atom. The van der Waals surface area contributed by atoms with Crippen molar-refractivity contribution in [3.8, 4) is 11.5 Å². The number of rotatable bonds is 4. The van der Waals surface area contributed by atoms with Crippen LogP contribution in [0.5, 0.6) is 0 Å². The average Bonchev–Trinajstić information content (AvgIpc) is 3.19. The largest absolute Gasteiger partial charge is 0.402 e. The Morgan fingerprint density at radius 3 is 2.77 bits per heavy atom. The van der Waals surface area contributed by atoms with E-state index in [-0.39, 0.29) is 5.69 Å². The van der Waals surface area contributed by atoms with Crippen molar-refractivity contribution in [1.29, 1.82) is 0 Å². The highest BCUT2D eigenvalue weighted by molar-refractivity contribution is 5.85. The van der Waals surface area contributed by atoms with Gasteiger partial charge in [0.25, 0.3) is 0 Å². The van der Waals surface area contributed by atoms with Gasteiger partial charge in [0.2, 0.25) is 0 Å². The van der Waals surface area contributed by atoms with Crippen molar-refractivity contribution in [2.75, 3.05) is 5.73 Å². The molecule has 0 amide bonds. The van der Waals surface area contributed by atoms with E-state index in [0.29, 0.717) is 41.5 Å². The van der Waals surface area contributed by atoms with Crippen molar-refractivity contribution in [1.82, 2.24) is 29.1 Å². The van der Waals surface area contributed by atoms with E-state index in [1.165, 1.54) is 10.9 Å². The Labute approximate surface area is 171 Å². The number of nitrogens with two attached hydrogens (primary N) is 2. The zero-order chi connectivity index (χ0) is 20.7. The molecule has 3 aliphatic rings. The van der Waals surface area contributed by atoms with E-state index in [4.69, 9.17) is 11.5 Å². The summed E-state index contributed by atoms with van der Waals surface area (Å²) < 4.78 is 3.41. The number of anilines is 1. The predicted octanol–water partition coefficient (Wildman–Crippen LogP) is 1.68. The van der Waals surface area contributed by atoms with Crippen LogP contribution in [-0.2, 0) is 13.1 Å². The molecule has 3 heterocycles. The molecular formula is C21H20N8O. The van der Waals surface area contributed by atoms with Gasteiger partial charge in [-0.3, -0.25) is 4.57 Å². The van der Waals surface area contributed by atoms with Crippen molar-refractivity contribution < 1.29 is 0 Å². The summed E-state index contributed by atoms with van der Waals surface area (Å²) in [6.45, 7) is 0.860. The molecule has 9 nitrogen and oxygen atoms in total. The number of imidazole rings is 2. The van der Waals surface area contributed by atoms with Crippen molar-refractivity contribution in [2.45, 2.75) is 25.9 Å². The third-order valence-electron chi connectivity index (χ3n) is 5.25. The quantitative estimate of drug-likeness (QED) is 0.498. The van der Waals surface area contributed by atoms with Crippen LogP contribution in [0.3, 0.4) is 0 Å². The average molecular weight is 400 g/mol. The second-order valence-corrected chi connectivity index (χ2v) is 7.31. The van der Waals surface area contributed by atoms with Crippen molar-refractivity contribution in [2.24, 2.45) is 5.73 Å². The number of allylic oxidation sites excluding steroid dienone is 4. The SMILES string of the molecule is NC1=CC(Cn2c3ncnc4c(ncn4Cc4ccccc4N)c-3nc2=O)=CCC1. The normalized spacial score (nSPS) is 14.1. The molecule has 1 aromatic carbocycles. The third-order valence-corrected chi connectivity index (χ3v) is 5.25. The Kier molecular flexibility index (Phi) is 4.27. The van der Waals surface area contributed by atoms with Gasteiger partial charge in [-0.1, -0.05) is 24.3 Å². The molecule has 9 heteroatoms. The topological polar surface area (TPSA) is 131 Å². The van der Waals surface area contributed by atoms with Crippen LogP contribution < -0.4 is 17.2 Å². The zero-order valence-electron chi connectivity index (χ0n) is 16.2. The molecule has 0 fully saturated rings. The first-order valence-electron chi connectivity index (χ1n) is 9.65. The smallest absolute Gasteiger partial charge is 0.350 e. The van der Waals surface area contributed by atoms with Crippen LogP contribution in [0.1, 0.15) is 18.4 Å². The van der Waals surface area contributed by atoms with Crippen molar-refractivity contribution in [3.63, 3.8) is 0 Å². The predicted molar refractivity (Wildman–Crippen MR) is 114 cm³/mol. The van der Waals surface area contributed by atoms with Gasteiger partial charge in [0.15, 0.2) is 11.5 Å². The first-order valence-corrected chi connectivity index (χ1v) is 9.65. The molecule has 1 aromatic heterocycles. The number of nitrogens with zero attached hydrogens (tertiary/aromatic N) is 6. The molecule has 0 spiro atoms. The molecule has 0 unspecified atom stereocenters. The number of aromatic nitrogens is 6. The van der Waals surface area contributed by atoms with E-state index in [9.17, 15) is 4.79 Å². The van der Waals surface area contributed by atoms with Gasteiger partial charge < -0.3 is 16.0 Å². The van der Waals surface area contributed by atoms with Crippen LogP contribution in [-0.4, -0.2) is 29.1 Å². The Morgan fingerprint density at radius 2 is 1.93 bits per heavy atom. The van der Waals surface area contributed by atoms with Gasteiger partial charge in [0.05, 0.1) is 19.4 Å². The maximum Gasteiger partial charge on any atom is 0.350 e. The first-order chi connectivity index (χ1) is 14.6. The minimum atomic E-state index is -0.370. The maximum atomic E-state index is 12.6. The molecular weight excluding hydrogens is 380 g/mol. The van der Waals surface area contributed by atoms with Gasteiger partial charge >= 0.3 is 5.69 Å². The van der Waals surface area contributed by atoms with E-state index < -0.39 is 0 Å².